The van der Waals surface area contributed by atoms with Crippen molar-refractivity contribution >= 4 is 24.8 Å². The SMILES string of the molecule is CC1=[C-]C(C)(OC(c2ccccc2)(c2ccccc2)C(c2ccccc2)c2ccccc2)C(C)=C1C.Cl.Cl.[Ti]. The summed E-state index contributed by atoms with van der Waals surface area (Å²) < 4.78 is 7.59. The van der Waals surface area contributed by atoms with Gasteiger partial charge in [0.1, 0.15) is 5.60 Å². The molecule has 0 heterocycles. The summed E-state index contributed by atoms with van der Waals surface area (Å²) in [6.07, 6.45) is 3.70. The molecule has 39 heavy (non-hydrogen) atoms. The van der Waals surface area contributed by atoms with Crippen LogP contribution in [0.5, 0.6) is 0 Å². The summed E-state index contributed by atoms with van der Waals surface area (Å²) in [5.41, 5.74) is 6.76. The second-order valence-corrected chi connectivity index (χ2v) is 9.86. The van der Waals surface area contributed by atoms with E-state index in [2.05, 4.69) is 155 Å². The Labute approximate surface area is 261 Å². The number of hydrogen-bond acceptors (Lipinski definition) is 1. The Bertz CT molecular complexity index is 1310. The van der Waals surface area contributed by atoms with Crippen LogP contribution in [0.3, 0.4) is 0 Å². The normalized spacial score (nSPS) is 16.6. The Hall–Kier alpha value is -2.39. The molecule has 0 amide bonds. The van der Waals surface area contributed by atoms with Crippen molar-refractivity contribution in [3.8, 4) is 0 Å². The van der Waals surface area contributed by atoms with Crippen LogP contribution in [0.1, 0.15) is 55.9 Å². The number of hydrogen-bond donors (Lipinski definition) is 0. The van der Waals surface area contributed by atoms with E-state index in [9.17, 15) is 0 Å². The van der Waals surface area contributed by atoms with Crippen molar-refractivity contribution in [2.24, 2.45) is 0 Å². The Kier molecular flexibility index (Phi) is 11.6. The number of rotatable bonds is 7. The van der Waals surface area contributed by atoms with Crippen molar-refractivity contribution in [2.75, 3.05) is 0 Å². The molecule has 0 spiro atoms. The molecule has 5 rings (SSSR count). The maximum absolute atomic E-state index is 7.59. The summed E-state index contributed by atoms with van der Waals surface area (Å²) >= 11 is 0. The zero-order valence-electron chi connectivity index (χ0n) is 22.8. The first-order valence-electron chi connectivity index (χ1n) is 12.7. The molecule has 0 bridgehead atoms. The summed E-state index contributed by atoms with van der Waals surface area (Å²) in [6, 6.07) is 42.9. The summed E-state index contributed by atoms with van der Waals surface area (Å²) in [5.74, 6) is -0.0997. The van der Waals surface area contributed by atoms with Gasteiger partial charge in [-0.1, -0.05) is 135 Å². The topological polar surface area (TPSA) is 9.23 Å². The first-order chi connectivity index (χ1) is 17.5. The van der Waals surface area contributed by atoms with E-state index in [0.29, 0.717) is 0 Å². The van der Waals surface area contributed by atoms with Gasteiger partial charge in [-0.3, -0.25) is 0 Å². The second-order valence-electron chi connectivity index (χ2n) is 9.86. The van der Waals surface area contributed by atoms with E-state index in [-0.39, 0.29) is 52.4 Å². The second kappa shape index (κ2) is 13.8. The molecule has 1 atom stereocenters. The zero-order valence-corrected chi connectivity index (χ0v) is 26.0. The van der Waals surface area contributed by atoms with Gasteiger partial charge >= 0.3 is 0 Å². The molecule has 1 unspecified atom stereocenters. The first kappa shape index (κ1) is 32.8. The van der Waals surface area contributed by atoms with Gasteiger partial charge in [0.05, 0.1) is 0 Å². The Morgan fingerprint density at radius 2 is 0.974 bits per heavy atom. The molecule has 200 valence electrons. The molecule has 4 aromatic carbocycles. The Morgan fingerprint density at radius 3 is 1.31 bits per heavy atom. The fourth-order valence-corrected chi connectivity index (χ4v) is 5.61. The van der Waals surface area contributed by atoms with Crippen LogP contribution in [0.4, 0.5) is 0 Å². The smallest absolute Gasteiger partial charge is 0.128 e. The van der Waals surface area contributed by atoms with Crippen LogP contribution in [0.15, 0.2) is 138 Å². The number of ether oxygens (including phenoxy) is 1. The van der Waals surface area contributed by atoms with Gasteiger partial charge in [0, 0.05) is 33.2 Å². The zero-order chi connectivity index (χ0) is 25.2. The summed E-state index contributed by atoms with van der Waals surface area (Å²) in [6.45, 7) is 8.65. The van der Waals surface area contributed by atoms with Crippen LogP contribution in [0.25, 0.3) is 0 Å². The van der Waals surface area contributed by atoms with Gasteiger partial charge in [0.25, 0.3) is 0 Å². The third-order valence-corrected chi connectivity index (χ3v) is 7.71. The quantitative estimate of drug-likeness (QED) is 0.154. The van der Waals surface area contributed by atoms with E-state index in [4.69, 9.17) is 4.74 Å². The Balaban J connectivity index is 0.00000178. The first-order valence-corrected chi connectivity index (χ1v) is 12.7. The molecular formula is C35H35Cl2OTi-. The van der Waals surface area contributed by atoms with Gasteiger partial charge in [-0.05, 0) is 29.2 Å². The predicted octanol–water partition coefficient (Wildman–Crippen LogP) is 9.48. The molecule has 1 nitrogen and oxygen atoms in total. The molecule has 0 aromatic heterocycles. The fourth-order valence-electron chi connectivity index (χ4n) is 5.61. The van der Waals surface area contributed by atoms with Gasteiger partial charge < -0.3 is 4.74 Å². The minimum absolute atomic E-state index is 0. The van der Waals surface area contributed by atoms with Crippen molar-refractivity contribution < 1.29 is 26.5 Å². The minimum atomic E-state index is -0.820. The predicted molar refractivity (Wildman–Crippen MR) is 163 cm³/mol. The van der Waals surface area contributed by atoms with Crippen LogP contribution in [0, 0.1) is 6.08 Å². The van der Waals surface area contributed by atoms with Crippen LogP contribution in [-0.2, 0) is 32.1 Å². The monoisotopic (exact) mass is 589 g/mol. The van der Waals surface area contributed by atoms with E-state index >= 15 is 0 Å². The van der Waals surface area contributed by atoms with Crippen LogP contribution in [0.2, 0.25) is 0 Å². The summed E-state index contributed by atoms with van der Waals surface area (Å²) in [7, 11) is 0. The van der Waals surface area contributed by atoms with Crippen molar-refractivity contribution in [1.29, 1.82) is 0 Å². The molecule has 0 radical (unpaired) electrons. The van der Waals surface area contributed by atoms with Gasteiger partial charge in [-0.2, -0.15) is 5.57 Å². The maximum atomic E-state index is 7.59. The van der Waals surface area contributed by atoms with E-state index < -0.39 is 11.2 Å². The third-order valence-electron chi connectivity index (χ3n) is 7.71. The molecule has 0 N–H and O–H groups in total. The van der Waals surface area contributed by atoms with E-state index in [0.717, 1.165) is 16.7 Å². The van der Waals surface area contributed by atoms with Crippen molar-refractivity contribution in [2.45, 2.75) is 44.8 Å². The van der Waals surface area contributed by atoms with E-state index in [1.54, 1.807) is 0 Å². The standard InChI is InChI=1S/C35H33O.2ClH.Ti/c1-26-25-34(4,28(3)27(26)2)36-35(31-21-13-7-14-22-31,32-23-15-8-16-24-32)33(29-17-9-5-10-18-29)30-19-11-6-12-20-30;;;/h5-24,33H,1-4H3;2*1H;/q-1;;;. The van der Waals surface area contributed by atoms with E-state index in [1.165, 1.54) is 22.3 Å². The van der Waals surface area contributed by atoms with Gasteiger partial charge in [0.2, 0.25) is 0 Å². The molecule has 0 aliphatic heterocycles. The molecule has 0 fully saturated rings. The molecule has 4 aromatic rings. The maximum Gasteiger partial charge on any atom is 0.128 e. The number of allylic oxidation sites excluding steroid dienone is 2. The van der Waals surface area contributed by atoms with Crippen LogP contribution < -0.4 is 0 Å². The fraction of sp³-hybridized carbons (Fsp3) is 0.200. The molecular weight excluding hydrogens is 555 g/mol. The molecule has 0 saturated carbocycles. The molecule has 1 aliphatic rings. The van der Waals surface area contributed by atoms with Gasteiger partial charge in [-0.25, -0.2) is 11.6 Å². The summed E-state index contributed by atoms with van der Waals surface area (Å²) in [4.78, 5) is 0. The average Bonchev–Trinajstić information content (AvgIpc) is 3.12. The van der Waals surface area contributed by atoms with Gasteiger partial charge in [-0.15, -0.1) is 37.3 Å². The van der Waals surface area contributed by atoms with Crippen molar-refractivity contribution in [1.82, 2.24) is 0 Å². The van der Waals surface area contributed by atoms with Crippen LogP contribution >= 0.6 is 24.8 Å². The molecule has 4 heteroatoms. The minimum Gasteiger partial charge on any atom is -0.370 e. The number of benzene rings is 4. The number of halogens is 2. The Morgan fingerprint density at radius 1 is 0.615 bits per heavy atom. The van der Waals surface area contributed by atoms with Crippen molar-refractivity contribution in [3.05, 3.63) is 166 Å². The summed E-state index contributed by atoms with van der Waals surface area (Å²) in [5, 5.41) is 0. The largest absolute Gasteiger partial charge is 0.370 e. The molecule has 1 aliphatic carbocycles. The van der Waals surface area contributed by atoms with E-state index in [1.807, 2.05) is 0 Å². The van der Waals surface area contributed by atoms with Gasteiger partial charge in [0.15, 0.2) is 0 Å². The third kappa shape index (κ3) is 6.19. The van der Waals surface area contributed by atoms with Crippen LogP contribution in [-0.4, -0.2) is 5.60 Å². The average molecular weight is 590 g/mol. The van der Waals surface area contributed by atoms with Crippen molar-refractivity contribution in [3.63, 3.8) is 0 Å². The molecule has 0 saturated heterocycles.